The number of carbonyl (C=O) groups excluding carboxylic acids is 1. The van der Waals surface area contributed by atoms with Crippen molar-refractivity contribution in [2.75, 3.05) is 5.32 Å². The van der Waals surface area contributed by atoms with Gasteiger partial charge < -0.3 is 9.88 Å². The van der Waals surface area contributed by atoms with Crippen molar-refractivity contribution in [3.63, 3.8) is 0 Å². The first-order chi connectivity index (χ1) is 10.4. The van der Waals surface area contributed by atoms with E-state index >= 15 is 0 Å². The van der Waals surface area contributed by atoms with Crippen LogP contribution in [0.3, 0.4) is 0 Å². The molecule has 1 aromatic carbocycles. The summed E-state index contributed by atoms with van der Waals surface area (Å²) < 4.78 is 3.07. The lowest BCUT2D eigenvalue weighted by Crippen LogP contribution is -2.16. The van der Waals surface area contributed by atoms with Gasteiger partial charge in [0.2, 0.25) is 0 Å². The Hall–Kier alpha value is -2.07. The van der Waals surface area contributed by atoms with E-state index in [1.807, 2.05) is 41.3 Å². The van der Waals surface area contributed by atoms with E-state index in [1.54, 1.807) is 11.3 Å². The molecule has 0 aliphatic rings. The highest BCUT2D eigenvalue weighted by molar-refractivity contribution is 7.17. The van der Waals surface area contributed by atoms with Crippen LogP contribution in [-0.4, -0.2) is 10.5 Å². The van der Waals surface area contributed by atoms with Crippen LogP contribution in [0.15, 0.2) is 41.8 Å². The molecule has 0 saturated heterocycles. The summed E-state index contributed by atoms with van der Waals surface area (Å²) in [6, 6.07) is 12.0. The van der Waals surface area contributed by atoms with Crippen LogP contribution >= 0.6 is 11.3 Å². The number of benzene rings is 1. The van der Waals surface area contributed by atoms with Crippen LogP contribution in [0.25, 0.3) is 10.2 Å². The van der Waals surface area contributed by atoms with Crippen molar-refractivity contribution in [1.29, 1.82) is 0 Å². The maximum atomic E-state index is 12.5. The van der Waals surface area contributed by atoms with Crippen molar-refractivity contribution in [2.45, 2.75) is 26.2 Å². The zero-order valence-electron chi connectivity index (χ0n) is 13.3. The maximum Gasteiger partial charge on any atom is 0.272 e. The third-order valence-corrected chi connectivity index (χ3v) is 4.76. The van der Waals surface area contributed by atoms with Gasteiger partial charge in [0.1, 0.15) is 5.69 Å². The minimum atomic E-state index is -0.0746. The molecule has 1 amide bonds. The van der Waals surface area contributed by atoms with Gasteiger partial charge in [0.25, 0.3) is 5.91 Å². The summed E-state index contributed by atoms with van der Waals surface area (Å²) in [4.78, 5) is 12.5. The summed E-state index contributed by atoms with van der Waals surface area (Å²) in [6.45, 7) is 6.53. The van der Waals surface area contributed by atoms with Crippen LogP contribution in [0.1, 0.15) is 36.8 Å². The predicted octanol–water partition coefficient (Wildman–Crippen LogP) is 4.79. The Morgan fingerprint density at radius 3 is 2.41 bits per heavy atom. The first kappa shape index (κ1) is 14.9. The number of aromatic nitrogens is 1. The summed E-state index contributed by atoms with van der Waals surface area (Å²) in [5.74, 6) is -0.0746. The molecule has 2 heterocycles. The zero-order chi connectivity index (χ0) is 15.9. The molecule has 3 aromatic rings. The Morgan fingerprint density at radius 1 is 1.14 bits per heavy atom. The molecule has 0 bridgehead atoms. The second-order valence-electron chi connectivity index (χ2n) is 6.54. The Bertz CT molecular complexity index is 819. The smallest absolute Gasteiger partial charge is 0.272 e. The minimum absolute atomic E-state index is 0.0746. The highest BCUT2D eigenvalue weighted by Gasteiger charge is 2.16. The predicted molar refractivity (Wildman–Crippen MR) is 93.9 cm³/mol. The average molecular weight is 312 g/mol. The number of hydrogen-bond donors (Lipinski definition) is 1. The van der Waals surface area contributed by atoms with Crippen LogP contribution in [0.4, 0.5) is 5.69 Å². The van der Waals surface area contributed by atoms with Crippen molar-refractivity contribution >= 4 is 33.1 Å². The normalized spacial score (nSPS) is 11.8. The van der Waals surface area contributed by atoms with Crippen LogP contribution in [-0.2, 0) is 12.5 Å². The number of amides is 1. The van der Waals surface area contributed by atoms with Gasteiger partial charge in [0, 0.05) is 12.7 Å². The van der Waals surface area contributed by atoms with Gasteiger partial charge >= 0.3 is 0 Å². The fourth-order valence-electron chi connectivity index (χ4n) is 2.52. The van der Waals surface area contributed by atoms with Crippen LogP contribution in [0.5, 0.6) is 0 Å². The quantitative estimate of drug-likeness (QED) is 0.725. The van der Waals surface area contributed by atoms with Crippen molar-refractivity contribution in [2.24, 2.45) is 7.05 Å². The fourth-order valence-corrected chi connectivity index (χ4v) is 3.37. The Balaban J connectivity index is 1.82. The monoisotopic (exact) mass is 312 g/mol. The molecule has 3 rings (SSSR count). The number of aryl methyl sites for hydroxylation is 1. The van der Waals surface area contributed by atoms with E-state index in [1.165, 1.54) is 5.56 Å². The second kappa shape index (κ2) is 5.29. The molecule has 0 spiro atoms. The summed E-state index contributed by atoms with van der Waals surface area (Å²) in [6.07, 6.45) is 0. The van der Waals surface area contributed by atoms with E-state index in [0.717, 1.165) is 15.9 Å². The van der Waals surface area contributed by atoms with Gasteiger partial charge in [-0.3, -0.25) is 4.79 Å². The average Bonchev–Trinajstić information content (AvgIpc) is 3.02. The van der Waals surface area contributed by atoms with Crippen LogP contribution < -0.4 is 5.32 Å². The van der Waals surface area contributed by atoms with E-state index in [2.05, 4.69) is 38.2 Å². The second-order valence-corrected chi connectivity index (χ2v) is 7.49. The summed E-state index contributed by atoms with van der Waals surface area (Å²) >= 11 is 1.65. The molecular weight excluding hydrogens is 292 g/mol. The number of rotatable bonds is 2. The highest BCUT2D eigenvalue weighted by atomic mass is 32.1. The van der Waals surface area contributed by atoms with Gasteiger partial charge in [0.15, 0.2) is 0 Å². The number of thiophene rings is 1. The largest absolute Gasteiger partial charge is 0.339 e. The molecule has 0 aliphatic carbocycles. The van der Waals surface area contributed by atoms with E-state index < -0.39 is 0 Å². The molecule has 1 N–H and O–H groups in total. The Labute approximate surface area is 134 Å². The third-order valence-electron chi connectivity index (χ3n) is 3.91. The highest BCUT2D eigenvalue weighted by Crippen LogP contribution is 2.26. The molecule has 3 nitrogen and oxygen atoms in total. The Kier molecular flexibility index (Phi) is 3.57. The lowest BCUT2D eigenvalue weighted by molar-refractivity contribution is 0.102. The number of anilines is 1. The molecule has 0 fully saturated rings. The molecule has 114 valence electrons. The molecule has 0 atom stereocenters. The molecule has 0 radical (unpaired) electrons. The van der Waals surface area contributed by atoms with Gasteiger partial charge in [-0.2, -0.15) is 0 Å². The molecule has 0 aliphatic heterocycles. The standard InChI is InChI=1S/C18H20N2OS/c1-18(2,3)12-5-7-13(8-6-12)19-17(21)15-11-16-14(20(15)4)9-10-22-16/h5-11H,1-4H3,(H,19,21). The van der Waals surface area contributed by atoms with E-state index in [4.69, 9.17) is 0 Å². The van der Waals surface area contributed by atoms with Gasteiger partial charge in [-0.15, -0.1) is 11.3 Å². The number of hydrogen-bond acceptors (Lipinski definition) is 2. The summed E-state index contributed by atoms with van der Waals surface area (Å²) in [7, 11) is 1.92. The first-order valence-corrected chi connectivity index (χ1v) is 8.19. The van der Waals surface area contributed by atoms with Gasteiger partial charge in [-0.1, -0.05) is 32.9 Å². The van der Waals surface area contributed by atoms with Crippen LogP contribution in [0.2, 0.25) is 0 Å². The lowest BCUT2D eigenvalue weighted by Gasteiger charge is -2.19. The number of fused-ring (bicyclic) bond motifs is 1. The van der Waals surface area contributed by atoms with Crippen molar-refractivity contribution in [3.05, 3.63) is 53.0 Å². The topological polar surface area (TPSA) is 34.0 Å². The third kappa shape index (κ3) is 2.66. The molecular formula is C18H20N2OS. The summed E-state index contributed by atoms with van der Waals surface area (Å²) in [5, 5.41) is 5.01. The molecule has 2 aromatic heterocycles. The van der Waals surface area contributed by atoms with Crippen molar-refractivity contribution < 1.29 is 4.79 Å². The zero-order valence-corrected chi connectivity index (χ0v) is 14.1. The summed E-state index contributed by atoms with van der Waals surface area (Å²) in [5.41, 5.74) is 3.97. The van der Waals surface area contributed by atoms with Crippen LogP contribution in [0, 0.1) is 0 Å². The SMILES string of the molecule is Cn1c(C(=O)Nc2ccc(C(C)(C)C)cc2)cc2sccc21. The van der Waals surface area contributed by atoms with E-state index in [-0.39, 0.29) is 11.3 Å². The van der Waals surface area contributed by atoms with Gasteiger partial charge in [-0.25, -0.2) is 0 Å². The van der Waals surface area contributed by atoms with Gasteiger partial charge in [-0.05, 0) is 40.6 Å². The maximum absolute atomic E-state index is 12.5. The first-order valence-electron chi connectivity index (χ1n) is 7.31. The number of carbonyl (C=O) groups is 1. The van der Waals surface area contributed by atoms with E-state index in [0.29, 0.717) is 5.69 Å². The molecule has 22 heavy (non-hydrogen) atoms. The molecule has 0 saturated carbocycles. The van der Waals surface area contributed by atoms with Gasteiger partial charge in [0.05, 0.1) is 10.2 Å². The number of nitrogens with zero attached hydrogens (tertiary/aromatic N) is 1. The minimum Gasteiger partial charge on any atom is -0.339 e. The van der Waals surface area contributed by atoms with Crippen molar-refractivity contribution in [1.82, 2.24) is 4.57 Å². The molecule has 0 unspecified atom stereocenters. The molecule has 4 heteroatoms. The van der Waals surface area contributed by atoms with Crippen molar-refractivity contribution in [3.8, 4) is 0 Å². The Morgan fingerprint density at radius 2 is 1.82 bits per heavy atom. The number of nitrogens with one attached hydrogen (secondary N) is 1. The lowest BCUT2D eigenvalue weighted by atomic mass is 9.87. The fraction of sp³-hybridized carbons (Fsp3) is 0.278. The van der Waals surface area contributed by atoms with E-state index in [9.17, 15) is 4.79 Å².